The van der Waals surface area contributed by atoms with Crippen molar-refractivity contribution in [3.8, 4) is 0 Å². The van der Waals surface area contributed by atoms with Gasteiger partial charge in [0.15, 0.2) is 0 Å². The second kappa shape index (κ2) is 5.30. The molecule has 1 heterocycles. The summed E-state index contributed by atoms with van der Waals surface area (Å²) in [7, 11) is 0. The van der Waals surface area contributed by atoms with Crippen molar-refractivity contribution >= 4 is 11.8 Å². The fourth-order valence-electron chi connectivity index (χ4n) is 1.06. The minimum Gasteiger partial charge on any atom is -0.354 e. The Morgan fingerprint density at radius 3 is 2.55 bits per heavy atom. The average Bonchev–Trinajstić information content (AvgIpc) is 2.50. The van der Waals surface area contributed by atoms with Gasteiger partial charge in [-0.3, -0.25) is 0 Å². The Hall–Kier alpha value is -0.370. The van der Waals surface area contributed by atoms with E-state index in [1.807, 2.05) is 11.8 Å². The van der Waals surface area contributed by atoms with E-state index in [1.165, 1.54) is 25.1 Å². The number of aromatic nitrogens is 1. The molecule has 62 valence electrons. The number of aryl methyl sites for hydroxylation is 1. The maximum absolute atomic E-state index is 2.24. The zero-order chi connectivity index (χ0) is 7.94. The number of thioether (sulfide) groups is 1. The van der Waals surface area contributed by atoms with E-state index in [2.05, 4.69) is 35.3 Å². The molecule has 0 amide bonds. The standard InChI is InChI=1S/C9H15NS/c1-11-9-5-4-8-10-6-2-3-7-10/h2-3,6-7H,4-5,8-9H2,1H3. The Balaban J connectivity index is 2.04. The highest BCUT2D eigenvalue weighted by atomic mass is 32.2. The highest BCUT2D eigenvalue weighted by Crippen LogP contribution is 2.01. The molecule has 0 aliphatic heterocycles. The molecule has 0 bridgehead atoms. The van der Waals surface area contributed by atoms with E-state index in [1.54, 1.807) is 0 Å². The minimum atomic E-state index is 1.17. The minimum absolute atomic E-state index is 1.17. The highest BCUT2D eigenvalue weighted by molar-refractivity contribution is 7.98. The molecule has 1 aromatic rings. The zero-order valence-electron chi connectivity index (χ0n) is 6.99. The van der Waals surface area contributed by atoms with Crippen molar-refractivity contribution in [2.45, 2.75) is 19.4 Å². The second-order valence-corrected chi connectivity index (χ2v) is 3.61. The van der Waals surface area contributed by atoms with Crippen LogP contribution >= 0.6 is 11.8 Å². The topological polar surface area (TPSA) is 4.93 Å². The first-order valence-corrected chi connectivity index (χ1v) is 5.42. The molecule has 0 aliphatic carbocycles. The van der Waals surface area contributed by atoms with Crippen molar-refractivity contribution in [2.75, 3.05) is 12.0 Å². The lowest BCUT2D eigenvalue weighted by atomic mass is 10.3. The summed E-state index contributed by atoms with van der Waals surface area (Å²) in [6, 6.07) is 4.16. The Morgan fingerprint density at radius 1 is 1.18 bits per heavy atom. The van der Waals surface area contributed by atoms with Crippen LogP contribution < -0.4 is 0 Å². The summed E-state index contributed by atoms with van der Waals surface area (Å²) in [6.07, 6.45) is 9.04. The van der Waals surface area contributed by atoms with Crippen LogP contribution in [0.25, 0.3) is 0 Å². The predicted octanol–water partition coefficient (Wildman–Crippen LogP) is 2.63. The fourth-order valence-corrected chi connectivity index (χ4v) is 1.55. The number of nitrogens with zero attached hydrogens (tertiary/aromatic N) is 1. The molecule has 0 saturated heterocycles. The smallest absolute Gasteiger partial charge is 0.0219 e. The van der Waals surface area contributed by atoms with E-state index in [-0.39, 0.29) is 0 Å². The van der Waals surface area contributed by atoms with Crippen LogP contribution in [0.15, 0.2) is 24.5 Å². The Kier molecular flexibility index (Phi) is 4.21. The summed E-state index contributed by atoms with van der Waals surface area (Å²) in [6.45, 7) is 1.17. The van der Waals surface area contributed by atoms with Crippen molar-refractivity contribution in [3.63, 3.8) is 0 Å². The van der Waals surface area contributed by atoms with Crippen LogP contribution in [0.2, 0.25) is 0 Å². The molecule has 1 aromatic heterocycles. The van der Waals surface area contributed by atoms with Gasteiger partial charge in [0, 0.05) is 18.9 Å². The van der Waals surface area contributed by atoms with Gasteiger partial charge in [-0.15, -0.1) is 0 Å². The predicted molar refractivity (Wildman–Crippen MR) is 52.0 cm³/mol. The van der Waals surface area contributed by atoms with Crippen LogP contribution in [-0.4, -0.2) is 16.6 Å². The van der Waals surface area contributed by atoms with Gasteiger partial charge in [0.05, 0.1) is 0 Å². The summed E-state index contributed by atoms with van der Waals surface area (Å²) in [4.78, 5) is 0. The van der Waals surface area contributed by atoms with Crippen LogP contribution in [0.5, 0.6) is 0 Å². The van der Waals surface area contributed by atoms with Crippen molar-refractivity contribution in [3.05, 3.63) is 24.5 Å². The summed E-state index contributed by atoms with van der Waals surface area (Å²) < 4.78 is 2.24. The third kappa shape index (κ3) is 3.51. The summed E-state index contributed by atoms with van der Waals surface area (Å²) >= 11 is 1.93. The van der Waals surface area contributed by atoms with Crippen LogP contribution in [0.3, 0.4) is 0 Å². The Morgan fingerprint density at radius 2 is 1.91 bits per heavy atom. The molecule has 0 N–H and O–H groups in total. The van der Waals surface area contributed by atoms with Gasteiger partial charge >= 0.3 is 0 Å². The van der Waals surface area contributed by atoms with Crippen LogP contribution in [-0.2, 0) is 6.54 Å². The molecule has 1 rings (SSSR count). The maximum atomic E-state index is 2.24. The average molecular weight is 169 g/mol. The number of unbranched alkanes of at least 4 members (excludes halogenated alkanes) is 1. The van der Waals surface area contributed by atoms with Gasteiger partial charge in [-0.25, -0.2) is 0 Å². The lowest BCUT2D eigenvalue weighted by Crippen LogP contribution is -1.94. The lowest BCUT2D eigenvalue weighted by Gasteiger charge is -2.00. The highest BCUT2D eigenvalue weighted by Gasteiger charge is 1.88. The Bertz CT molecular complexity index is 170. The molecule has 0 aliphatic rings. The monoisotopic (exact) mass is 169 g/mol. The SMILES string of the molecule is CSCCCCn1cccc1. The van der Waals surface area contributed by atoms with Crippen molar-refractivity contribution in [1.82, 2.24) is 4.57 Å². The molecule has 0 unspecified atom stereocenters. The fraction of sp³-hybridized carbons (Fsp3) is 0.556. The molecular formula is C9H15NS. The molecule has 11 heavy (non-hydrogen) atoms. The second-order valence-electron chi connectivity index (χ2n) is 2.62. The van der Waals surface area contributed by atoms with Crippen molar-refractivity contribution < 1.29 is 0 Å². The van der Waals surface area contributed by atoms with Gasteiger partial charge in [-0.2, -0.15) is 11.8 Å². The largest absolute Gasteiger partial charge is 0.354 e. The molecule has 1 nitrogen and oxygen atoms in total. The van der Waals surface area contributed by atoms with Gasteiger partial charge in [0.1, 0.15) is 0 Å². The Labute approximate surface area is 72.8 Å². The lowest BCUT2D eigenvalue weighted by molar-refractivity contribution is 0.638. The van der Waals surface area contributed by atoms with Gasteiger partial charge in [-0.05, 0) is 37.0 Å². The number of hydrogen-bond donors (Lipinski definition) is 0. The van der Waals surface area contributed by atoms with Gasteiger partial charge < -0.3 is 4.57 Å². The van der Waals surface area contributed by atoms with Gasteiger partial charge in [0.25, 0.3) is 0 Å². The van der Waals surface area contributed by atoms with E-state index in [0.29, 0.717) is 0 Å². The molecule has 0 radical (unpaired) electrons. The van der Waals surface area contributed by atoms with E-state index in [0.717, 1.165) is 0 Å². The molecular weight excluding hydrogens is 154 g/mol. The molecule has 0 aromatic carbocycles. The van der Waals surface area contributed by atoms with Crippen molar-refractivity contribution in [1.29, 1.82) is 0 Å². The summed E-state index contributed by atoms with van der Waals surface area (Å²) in [5.41, 5.74) is 0. The number of hydrogen-bond acceptors (Lipinski definition) is 1. The third-order valence-corrected chi connectivity index (χ3v) is 2.38. The normalized spacial score (nSPS) is 10.3. The third-order valence-electron chi connectivity index (χ3n) is 1.68. The van der Waals surface area contributed by atoms with E-state index >= 15 is 0 Å². The number of rotatable bonds is 5. The van der Waals surface area contributed by atoms with Gasteiger partial charge in [0.2, 0.25) is 0 Å². The molecule has 0 saturated carbocycles. The maximum Gasteiger partial charge on any atom is 0.0219 e. The van der Waals surface area contributed by atoms with Crippen molar-refractivity contribution in [2.24, 2.45) is 0 Å². The quantitative estimate of drug-likeness (QED) is 0.613. The van der Waals surface area contributed by atoms with Gasteiger partial charge in [-0.1, -0.05) is 0 Å². The van der Waals surface area contributed by atoms with E-state index in [4.69, 9.17) is 0 Å². The molecule has 0 atom stereocenters. The summed E-state index contributed by atoms with van der Waals surface area (Å²) in [5, 5.41) is 0. The van der Waals surface area contributed by atoms with E-state index in [9.17, 15) is 0 Å². The molecule has 0 fully saturated rings. The molecule has 2 heteroatoms. The first-order chi connectivity index (χ1) is 5.43. The van der Waals surface area contributed by atoms with Crippen LogP contribution in [0.4, 0.5) is 0 Å². The first-order valence-electron chi connectivity index (χ1n) is 4.03. The van der Waals surface area contributed by atoms with Crippen LogP contribution in [0.1, 0.15) is 12.8 Å². The summed E-state index contributed by atoms with van der Waals surface area (Å²) in [5.74, 6) is 1.29. The zero-order valence-corrected chi connectivity index (χ0v) is 7.81. The van der Waals surface area contributed by atoms with Crippen LogP contribution in [0, 0.1) is 0 Å². The first kappa shape index (κ1) is 8.72. The van der Waals surface area contributed by atoms with E-state index < -0.39 is 0 Å². The molecule has 0 spiro atoms.